The lowest BCUT2D eigenvalue weighted by molar-refractivity contribution is -0.119. The van der Waals surface area contributed by atoms with Crippen LogP contribution in [0.4, 0.5) is 0 Å². The van der Waals surface area contributed by atoms with Gasteiger partial charge in [0.2, 0.25) is 5.91 Å². The van der Waals surface area contributed by atoms with Gasteiger partial charge in [0, 0.05) is 11.5 Å². The maximum Gasteiger partial charge on any atom is 0.225 e. The van der Waals surface area contributed by atoms with Crippen molar-refractivity contribution in [3.05, 3.63) is 10.4 Å². The fourth-order valence-corrected chi connectivity index (χ4v) is 1.22. The summed E-state index contributed by atoms with van der Waals surface area (Å²) in [6.45, 7) is 7.80. The van der Waals surface area contributed by atoms with Crippen molar-refractivity contribution in [3.8, 4) is 0 Å². The van der Waals surface area contributed by atoms with E-state index in [2.05, 4.69) is 34.1 Å². The van der Waals surface area contributed by atoms with Crippen molar-refractivity contribution in [1.29, 1.82) is 0 Å². The van der Waals surface area contributed by atoms with Crippen LogP contribution in [0.25, 0.3) is 10.4 Å². The molecule has 0 aliphatic heterocycles. The van der Waals surface area contributed by atoms with E-state index in [0.29, 0.717) is 6.54 Å². The van der Waals surface area contributed by atoms with Gasteiger partial charge in [0.15, 0.2) is 0 Å². The summed E-state index contributed by atoms with van der Waals surface area (Å²) < 4.78 is 0. The average Bonchev–Trinajstić information content (AvgIpc) is 2.26. The van der Waals surface area contributed by atoms with Gasteiger partial charge in [-0.25, -0.2) is 0 Å². The van der Waals surface area contributed by atoms with Gasteiger partial charge in [-0.3, -0.25) is 4.79 Å². The van der Waals surface area contributed by atoms with Gasteiger partial charge in [0.1, 0.15) is 6.54 Å². The Labute approximate surface area is 90.3 Å². The molecule has 0 aromatic carbocycles. The summed E-state index contributed by atoms with van der Waals surface area (Å²) >= 11 is 0. The van der Waals surface area contributed by atoms with E-state index in [9.17, 15) is 4.79 Å². The van der Waals surface area contributed by atoms with Crippen LogP contribution in [0, 0.1) is 0 Å². The van der Waals surface area contributed by atoms with E-state index in [-0.39, 0.29) is 12.5 Å². The lowest BCUT2D eigenvalue weighted by Crippen LogP contribution is -2.30. The molecular weight excluding hydrogens is 194 g/mol. The highest BCUT2D eigenvalue weighted by Gasteiger charge is 2.00. The van der Waals surface area contributed by atoms with Crippen molar-refractivity contribution in [2.24, 2.45) is 5.11 Å². The quantitative estimate of drug-likeness (QED) is 0.284. The molecule has 0 rings (SSSR count). The van der Waals surface area contributed by atoms with E-state index >= 15 is 0 Å². The van der Waals surface area contributed by atoms with Crippen LogP contribution < -0.4 is 5.32 Å². The van der Waals surface area contributed by atoms with Crippen LogP contribution in [0.3, 0.4) is 0 Å². The van der Waals surface area contributed by atoms with Crippen molar-refractivity contribution >= 4 is 5.91 Å². The molecule has 0 spiro atoms. The Bertz CT molecular complexity index is 221. The molecule has 6 heteroatoms. The van der Waals surface area contributed by atoms with E-state index in [1.807, 2.05) is 0 Å². The molecule has 0 saturated carbocycles. The smallest absolute Gasteiger partial charge is 0.225 e. The van der Waals surface area contributed by atoms with Gasteiger partial charge in [-0.05, 0) is 31.6 Å². The first kappa shape index (κ1) is 13.7. The number of carbonyl (C=O) groups is 1. The second-order valence-electron chi connectivity index (χ2n) is 3.12. The van der Waals surface area contributed by atoms with E-state index in [1.165, 1.54) is 0 Å². The summed E-state index contributed by atoms with van der Waals surface area (Å²) in [4.78, 5) is 15.8. The number of hydrogen-bond donors (Lipinski definition) is 1. The fraction of sp³-hybridized carbons (Fsp3) is 0.889. The fourth-order valence-electron chi connectivity index (χ4n) is 1.22. The molecule has 0 aromatic heterocycles. The minimum absolute atomic E-state index is 0.109. The summed E-state index contributed by atoms with van der Waals surface area (Å²) in [6, 6.07) is 0. The summed E-state index contributed by atoms with van der Waals surface area (Å²) in [6.07, 6.45) is 0.920. The molecule has 0 aliphatic rings. The van der Waals surface area contributed by atoms with Crippen molar-refractivity contribution in [3.63, 3.8) is 0 Å². The monoisotopic (exact) mass is 213 g/mol. The summed E-state index contributed by atoms with van der Waals surface area (Å²) in [5.41, 5.74) is 8.00. The molecule has 0 saturated heterocycles. The Kier molecular flexibility index (Phi) is 8.52. The number of rotatable bonds is 8. The van der Waals surface area contributed by atoms with Gasteiger partial charge in [-0.1, -0.05) is 19.0 Å². The Morgan fingerprint density at radius 3 is 2.67 bits per heavy atom. The predicted molar refractivity (Wildman–Crippen MR) is 59.4 cm³/mol. The Morgan fingerprint density at radius 2 is 2.13 bits per heavy atom. The summed E-state index contributed by atoms with van der Waals surface area (Å²) in [5, 5.41) is 5.87. The molecule has 6 nitrogen and oxygen atoms in total. The SMILES string of the molecule is CCN(CC)CCCNC(=O)CN=[N+]=[N-]. The number of amides is 1. The third kappa shape index (κ3) is 7.78. The minimum atomic E-state index is -0.215. The number of carbonyl (C=O) groups excluding carboxylic acids is 1. The molecule has 0 heterocycles. The Hall–Kier alpha value is -1.26. The first-order chi connectivity index (χ1) is 7.24. The summed E-state index contributed by atoms with van der Waals surface area (Å²) in [5.74, 6) is -0.215. The number of azide groups is 1. The zero-order chi connectivity index (χ0) is 11.5. The standard InChI is InChI=1S/C9H19N5O/c1-3-14(4-2)7-5-6-11-9(15)8-12-13-10/h3-8H2,1-2H3,(H,11,15). The maximum atomic E-state index is 11.0. The Morgan fingerprint density at radius 1 is 1.47 bits per heavy atom. The lowest BCUT2D eigenvalue weighted by Gasteiger charge is -2.17. The molecule has 0 unspecified atom stereocenters. The maximum absolute atomic E-state index is 11.0. The zero-order valence-corrected chi connectivity index (χ0v) is 9.44. The number of nitrogens with one attached hydrogen (secondary N) is 1. The molecule has 86 valence electrons. The molecule has 0 atom stereocenters. The van der Waals surface area contributed by atoms with Crippen LogP contribution in [0.5, 0.6) is 0 Å². The highest BCUT2D eigenvalue weighted by molar-refractivity contribution is 5.78. The molecule has 0 aliphatic carbocycles. The third-order valence-corrected chi connectivity index (χ3v) is 2.15. The molecular formula is C9H19N5O. The molecule has 0 aromatic rings. The van der Waals surface area contributed by atoms with Gasteiger partial charge in [0.05, 0.1) is 0 Å². The van der Waals surface area contributed by atoms with Crippen LogP contribution in [-0.4, -0.2) is 43.5 Å². The number of nitrogens with zero attached hydrogens (tertiary/aromatic N) is 4. The van der Waals surface area contributed by atoms with Gasteiger partial charge < -0.3 is 10.2 Å². The van der Waals surface area contributed by atoms with Gasteiger partial charge >= 0.3 is 0 Å². The highest BCUT2D eigenvalue weighted by Crippen LogP contribution is 1.89. The molecule has 1 N–H and O–H groups in total. The van der Waals surface area contributed by atoms with Crippen molar-refractivity contribution in [2.75, 3.05) is 32.7 Å². The Balaban J connectivity index is 3.44. The zero-order valence-electron chi connectivity index (χ0n) is 9.44. The second-order valence-corrected chi connectivity index (χ2v) is 3.12. The first-order valence-corrected chi connectivity index (χ1v) is 5.24. The van der Waals surface area contributed by atoms with Crippen LogP contribution in [0.1, 0.15) is 20.3 Å². The molecule has 15 heavy (non-hydrogen) atoms. The second kappa shape index (κ2) is 9.30. The molecule has 0 bridgehead atoms. The van der Waals surface area contributed by atoms with Crippen LogP contribution in [-0.2, 0) is 4.79 Å². The van der Waals surface area contributed by atoms with Crippen LogP contribution >= 0.6 is 0 Å². The molecule has 0 fully saturated rings. The minimum Gasteiger partial charge on any atom is -0.356 e. The average molecular weight is 213 g/mol. The van der Waals surface area contributed by atoms with Gasteiger partial charge in [0.25, 0.3) is 0 Å². The summed E-state index contributed by atoms with van der Waals surface area (Å²) in [7, 11) is 0. The van der Waals surface area contributed by atoms with E-state index in [1.54, 1.807) is 0 Å². The van der Waals surface area contributed by atoms with Crippen molar-refractivity contribution in [1.82, 2.24) is 10.2 Å². The normalized spacial score (nSPS) is 9.80. The van der Waals surface area contributed by atoms with Gasteiger partial charge in [-0.15, -0.1) is 0 Å². The van der Waals surface area contributed by atoms with E-state index < -0.39 is 0 Å². The first-order valence-electron chi connectivity index (χ1n) is 5.24. The third-order valence-electron chi connectivity index (χ3n) is 2.15. The number of hydrogen-bond acceptors (Lipinski definition) is 3. The largest absolute Gasteiger partial charge is 0.356 e. The molecule has 0 radical (unpaired) electrons. The van der Waals surface area contributed by atoms with E-state index in [4.69, 9.17) is 5.53 Å². The van der Waals surface area contributed by atoms with Gasteiger partial charge in [-0.2, -0.15) is 0 Å². The van der Waals surface area contributed by atoms with Crippen LogP contribution in [0.2, 0.25) is 0 Å². The van der Waals surface area contributed by atoms with Crippen molar-refractivity contribution < 1.29 is 4.79 Å². The van der Waals surface area contributed by atoms with E-state index in [0.717, 1.165) is 26.1 Å². The molecule has 1 amide bonds. The predicted octanol–water partition coefficient (Wildman–Crippen LogP) is 1.14. The topological polar surface area (TPSA) is 81.1 Å². The highest BCUT2D eigenvalue weighted by atomic mass is 16.1. The lowest BCUT2D eigenvalue weighted by atomic mass is 10.3. The van der Waals surface area contributed by atoms with Crippen molar-refractivity contribution in [2.45, 2.75) is 20.3 Å². The van der Waals surface area contributed by atoms with Crippen LogP contribution in [0.15, 0.2) is 5.11 Å².